The summed E-state index contributed by atoms with van der Waals surface area (Å²) < 4.78 is 60.5. The molecule has 0 atom stereocenters. The van der Waals surface area contributed by atoms with E-state index in [-0.39, 0.29) is 5.56 Å². The van der Waals surface area contributed by atoms with E-state index in [0.717, 1.165) is 0 Å². The van der Waals surface area contributed by atoms with Crippen molar-refractivity contribution >= 4 is 21.6 Å². The molecule has 0 aliphatic rings. The second-order valence-electron chi connectivity index (χ2n) is 4.56. The summed E-state index contributed by atoms with van der Waals surface area (Å²) in [6.07, 6.45) is -6.10. The first-order chi connectivity index (χ1) is 9.50. The molecule has 0 aliphatic carbocycles. The lowest BCUT2D eigenvalue weighted by Crippen LogP contribution is -2.34. The Balaban J connectivity index is 2.79. The summed E-state index contributed by atoms with van der Waals surface area (Å²) in [7, 11) is -0.862. The number of halogens is 3. The highest BCUT2D eigenvalue weighted by atomic mass is 32.2. The van der Waals surface area contributed by atoms with Crippen molar-refractivity contribution < 1.29 is 26.4 Å². The van der Waals surface area contributed by atoms with Gasteiger partial charge in [-0.3, -0.25) is 4.79 Å². The van der Waals surface area contributed by atoms with Crippen LogP contribution >= 0.6 is 0 Å². The standard InChI is InChI=1S/C12H15F3N2O3S/c1-17(2)10-5-3-4-9(8-10)11(18)16-21(19,20)7-6-12(13,14)15/h3-5,8H,6-7H2,1-2H3,(H,16,18). The van der Waals surface area contributed by atoms with Gasteiger partial charge in [-0.05, 0) is 18.2 Å². The number of hydrogen-bond acceptors (Lipinski definition) is 4. The Morgan fingerprint density at radius 2 is 1.90 bits per heavy atom. The molecule has 0 aliphatic heterocycles. The van der Waals surface area contributed by atoms with Gasteiger partial charge in [0, 0.05) is 25.3 Å². The molecule has 0 spiro atoms. The third kappa shape index (κ3) is 6.03. The molecule has 1 N–H and O–H groups in total. The fourth-order valence-electron chi connectivity index (χ4n) is 1.43. The molecule has 0 saturated heterocycles. The maximum Gasteiger partial charge on any atom is 0.390 e. The molecule has 118 valence electrons. The van der Waals surface area contributed by atoms with E-state index in [9.17, 15) is 26.4 Å². The number of benzene rings is 1. The zero-order valence-corrected chi connectivity index (χ0v) is 12.3. The van der Waals surface area contributed by atoms with Crippen molar-refractivity contribution in [3.8, 4) is 0 Å². The third-order valence-corrected chi connectivity index (χ3v) is 3.77. The smallest absolute Gasteiger partial charge is 0.378 e. The SMILES string of the molecule is CN(C)c1cccc(C(=O)NS(=O)(=O)CCC(F)(F)F)c1. The van der Waals surface area contributed by atoms with Crippen LogP contribution in [-0.4, -0.2) is 40.3 Å². The number of anilines is 1. The highest BCUT2D eigenvalue weighted by Gasteiger charge is 2.30. The predicted octanol–water partition coefficient (Wildman–Crippen LogP) is 1.76. The molecule has 9 heteroatoms. The van der Waals surface area contributed by atoms with Gasteiger partial charge in [0.2, 0.25) is 10.0 Å². The van der Waals surface area contributed by atoms with Crippen molar-refractivity contribution in [1.82, 2.24) is 4.72 Å². The fourth-order valence-corrected chi connectivity index (χ4v) is 2.43. The van der Waals surface area contributed by atoms with Gasteiger partial charge < -0.3 is 4.90 Å². The summed E-state index contributed by atoms with van der Waals surface area (Å²) in [6, 6.07) is 6.07. The number of nitrogens with one attached hydrogen (secondary N) is 1. The fraction of sp³-hybridized carbons (Fsp3) is 0.417. The van der Waals surface area contributed by atoms with Crippen LogP contribution in [0.5, 0.6) is 0 Å². The molecule has 1 amide bonds. The van der Waals surface area contributed by atoms with E-state index in [1.54, 1.807) is 35.9 Å². The summed E-state index contributed by atoms with van der Waals surface area (Å²) in [5.74, 6) is -2.14. The lowest BCUT2D eigenvalue weighted by atomic mass is 10.2. The van der Waals surface area contributed by atoms with Crippen LogP contribution in [-0.2, 0) is 10.0 Å². The van der Waals surface area contributed by atoms with Gasteiger partial charge >= 0.3 is 6.18 Å². The Bertz CT molecular complexity index is 612. The Kier molecular flexibility index (Phi) is 5.21. The topological polar surface area (TPSA) is 66.5 Å². The van der Waals surface area contributed by atoms with Gasteiger partial charge in [0.05, 0.1) is 12.2 Å². The number of carbonyl (C=O) groups is 1. The van der Waals surface area contributed by atoms with Crippen LogP contribution in [0.15, 0.2) is 24.3 Å². The van der Waals surface area contributed by atoms with Gasteiger partial charge in [-0.15, -0.1) is 0 Å². The molecule has 0 saturated carbocycles. The summed E-state index contributed by atoms with van der Waals surface area (Å²) in [5.41, 5.74) is 0.715. The van der Waals surface area contributed by atoms with Gasteiger partial charge in [-0.2, -0.15) is 13.2 Å². The average molecular weight is 324 g/mol. The monoisotopic (exact) mass is 324 g/mol. The summed E-state index contributed by atoms with van der Waals surface area (Å²) in [4.78, 5) is 13.5. The first-order valence-corrected chi connectivity index (χ1v) is 7.54. The number of amides is 1. The molecule has 1 aromatic rings. The molecule has 0 unspecified atom stereocenters. The lowest BCUT2D eigenvalue weighted by Gasteiger charge is -2.13. The maximum absolute atomic E-state index is 12.0. The van der Waals surface area contributed by atoms with Gasteiger partial charge in [0.25, 0.3) is 5.91 Å². The lowest BCUT2D eigenvalue weighted by molar-refractivity contribution is -0.130. The third-order valence-electron chi connectivity index (χ3n) is 2.53. The maximum atomic E-state index is 12.0. The first kappa shape index (κ1) is 17.3. The minimum absolute atomic E-state index is 0.0526. The van der Waals surface area contributed by atoms with Crippen molar-refractivity contribution in [2.24, 2.45) is 0 Å². The van der Waals surface area contributed by atoms with Crippen LogP contribution in [0.1, 0.15) is 16.8 Å². The average Bonchev–Trinajstić information content (AvgIpc) is 2.35. The molecule has 21 heavy (non-hydrogen) atoms. The van der Waals surface area contributed by atoms with Crippen molar-refractivity contribution in [3.05, 3.63) is 29.8 Å². The van der Waals surface area contributed by atoms with Crippen molar-refractivity contribution in [3.63, 3.8) is 0 Å². The van der Waals surface area contributed by atoms with E-state index in [1.807, 2.05) is 0 Å². The largest absolute Gasteiger partial charge is 0.390 e. The highest BCUT2D eigenvalue weighted by Crippen LogP contribution is 2.20. The summed E-state index contributed by atoms with van der Waals surface area (Å²) in [6.45, 7) is 0. The number of nitrogens with zero attached hydrogens (tertiary/aromatic N) is 1. The van der Waals surface area contributed by atoms with E-state index in [2.05, 4.69) is 0 Å². The van der Waals surface area contributed by atoms with Crippen LogP contribution in [0.2, 0.25) is 0 Å². The molecule has 0 heterocycles. The van der Waals surface area contributed by atoms with Crippen LogP contribution in [0, 0.1) is 0 Å². The zero-order valence-electron chi connectivity index (χ0n) is 11.4. The van der Waals surface area contributed by atoms with Crippen molar-refractivity contribution in [2.45, 2.75) is 12.6 Å². The van der Waals surface area contributed by atoms with E-state index >= 15 is 0 Å². The second kappa shape index (κ2) is 6.33. The van der Waals surface area contributed by atoms with E-state index < -0.39 is 34.3 Å². The van der Waals surface area contributed by atoms with Gasteiger partial charge in [-0.25, -0.2) is 13.1 Å². The Morgan fingerprint density at radius 3 is 2.43 bits per heavy atom. The number of carbonyl (C=O) groups excluding carboxylic acids is 1. The highest BCUT2D eigenvalue weighted by molar-refractivity contribution is 7.90. The van der Waals surface area contributed by atoms with E-state index in [1.165, 1.54) is 12.1 Å². The molecule has 0 aromatic heterocycles. The van der Waals surface area contributed by atoms with Crippen LogP contribution in [0.4, 0.5) is 18.9 Å². The zero-order chi connectivity index (χ0) is 16.3. The molecular weight excluding hydrogens is 309 g/mol. The molecule has 0 fully saturated rings. The minimum atomic E-state index is -4.59. The molecule has 1 aromatic carbocycles. The number of sulfonamides is 1. The molecule has 1 rings (SSSR count). The van der Waals surface area contributed by atoms with Crippen molar-refractivity contribution in [2.75, 3.05) is 24.7 Å². The quantitative estimate of drug-likeness (QED) is 0.896. The van der Waals surface area contributed by atoms with Crippen LogP contribution in [0.3, 0.4) is 0 Å². The Labute approximate surface area is 120 Å². The van der Waals surface area contributed by atoms with Gasteiger partial charge in [0.15, 0.2) is 0 Å². The number of rotatable bonds is 5. The molecule has 0 bridgehead atoms. The first-order valence-electron chi connectivity index (χ1n) is 5.89. The van der Waals surface area contributed by atoms with Gasteiger partial charge in [0.1, 0.15) is 0 Å². The van der Waals surface area contributed by atoms with Crippen LogP contribution in [0.25, 0.3) is 0 Å². The van der Waals surface area contributed by atoms with E-state index in [4.69, 9.17) is 0 Å². The summed E-state index contributed by atoms with van der Waals surface area (Å²) >= 11 is 0. The normalized spacial score (nSPS) is 12.0. The summed E-state index contributed by atoms with van der Waals surface area (Å²) in [5, 5.41) is 0. The minimum Gasteiger partial charge on any atom is -0.378 e. The number of alkyl halides is 3. The molecule has 5 nitrogen and oxygen atoms in total. The number of hydrogen-bond donors (Lipinski definition) is 1. The van der Waals surface area contributed by atoms with E-state index in [0.29, 0.717) is 5.69 Å². The molecular formula is C12H15F3N2O3S. The predicted molar refractivity (Wildman–Crippen MR) is 72.7 cm³/mol. The second-order valence-corrected chi connectivity index (χ2v) is 6.40. The van der Waals surface area contributed by atoms with Crippen molar-refractivity contribution in [1.29, 1.82) is 0 Å². The van der Waals surface area contributed by atoms with Gasteiger partial charge in [-0.1, -0.05) is 6.07 Å². The molecule has 0 radical (unpaired) electrons. The Morgan fingerprint density at radius 1 is 1.29 bits per heavy atom. The van der Waals surface area contributed by atoms with Crippen LogP contribution < -0.4 is 9.62 Å². The Hall–Kier alpha value is -1.77.